The summed E-state index contributed by atoms with van der Waals surface area (Å²) in [5.74, 6) is -0.892. The van der Waals surface area contributed by atoms with Gasteiger partial charge < -0.3 is 10.1 Å². The lowest BCUT2D eigenvalue weighted by Crippen LogP contribution is -2.30. The summed E-state index contributed by atoms with van der Waals surface area (Å²) in [6.45, 7) is 0.0441. The Morgan fingerprint density at radius 1 is 0.963 bits per heavy atom. The number of rotatable bonds is 6. The second-order valence-corrected chi connectivity index (χ2v) is 6.78. The van der Waals surface area contributed by atoms with Crippen LogP contribution in [0.1, 0.15) is 15.9 Å². The van der Waals surface area contributed by atoms with E-state index < -0.39 is 5.97 Å². The largest absolute Gasteiger partial charge is 0.452 e. The monoisotopic (exact) mass is 401 g/mol. The van der Waals surface area contributed by atoms with Crippen molar-refractivity contribution < 1.29 is 14.3 Å². The maximum atomic E-state index is 12.3. The van der Waals surface area contributed by atoms with Crippen LogP contribution < -0.4 is 5.32 Å². The van der Waals surface area contributed by atoms with Gasteiger partial charge in [0.15, 0.2) is 6.61 Å². The van der Waals surface area contributed by atoms with E-state index in [1.54, 1.807) is 24.3 Å². The molecule has 3 aromatic carbocycles. The molecule has 1 amide bonds. The topological polar surface area (TPSA) is 55.4 Å². The third-order valence-electron chi connectivity index (χ3n) is 4.08. The Kier molecular flexibility index (Phi) is 6.32. The Morgan fingerprint density at radius 3 is 2.56 bits per heavy atom. The van der Waals surface area contributed by atoms with Crippen LogP contribution in [0.5, 0.6) is 0 Å². The molecule has 1 N–H and O–H groups in total. The van der Waals surface area contributed by atoms with Gasteiger partial charge in [-0.2, -0.15) is 0 Å². The Hall–Kier alpha value is -2.56. The average molecular weight is 402 g/mol. The van der Waals surface area contributed by atoms with Crippen molar-refractivity contribution in [2.24, 2.45) is 0 Å². The molecule has 0 saturated carbocycles. The zero-order valence-electron chi connectivity index (χ0n) is 14.4. The molecule has 0 radical (unpaired) electrons. The smallest absolute Gasteiger partial charge is 0.339 e. The second-order valence-electron chi connectivity index (χ2n) is 5.94. The Balaban J connectivity index is 1.50. The van der Waals surface area contributed by atoms with E-state index in [0.717, 1.165) is 16.3 Å². The summed E-state index contributed by atoms with van der Waals surface area (Å²) in [4.78, 5) is 24.2. The molecule has 27 heavy (non-hydrogen) atoms. The molecule has 4 nitrogen and oxygen atoms in total. The van der Waals surface area contributed by atoms with Crippen molar-refractivity contribution in [1.82, 2.24) is 5.32 Å². The minimum Gasteiger partial charge on any atom is -0.452 e. The zero-order chi connectivity index (χ0) is 19.2. The molecule has 0 spiro atoms. The molecule has 0 aliphatic heterocycles. The van der Waals surface area contributed by atoms with Gasteiger partial charge >= 0.3 is 5.97 Å². The molecule has 0 aliphatic rings. The predicted octanol–water partition coefficient (Wildman–Crippen LogP) is 4.66. The molecule has 0 fully saturated rings. The van der Waals surface area contributed by atoms with Gasteiger partial charge in [-0.1, -0.05) is 65.7 Å². The minimum absolute atomic E-state index is 0.337. The molecule has 0 heterocycles. The van der Waals surface area contributed by atoms with Gasteiger partial charge in [0.2, 0.25) is 0 Å². The van der Waals surface area contributed by atoms with Crippen LogP contribution in [-0.4, -0.2) is 25.0 Å². The lowest BCUT2D eigenvalue weighted by Gasteiger charge is -2.09. The first-order valence-corrected chi connectivity index (χ1v) is 9.16. The molecular weight excluding hydrogens is 385 g/mol. The van der Waals surface area contributed by atoms with E-state index in [1.807, 2.05) is 36.4 Å². The van der Waals surface area contributed by atoms with E-state index in [0.29, 0.717) is 28.6 Å². The van der Waals surface area contributed by atoms with Crippen molar-refractivity contribution in [1.29, 1.82) is 0 Å². The molecule has 0 bridgehead atoms. The quantitative estimate of drug-likeness (QED) is 0.610. The van der Waals surface area contributed by atoms with Crippen LogP contribution in [0.3, 0.4) is 0 Å². The number of fused-ring (bicyclic) bond motifs is 1. The minimum atomic E-state index is -0.525. The number of hydrogen-bond acceptors (Lipinski definition) is 3. The number of amides is 1. The maximum Gasteiger partial charge on any atom is 0.339 e. The van der Waals surface area contributed by atoms with E-state index in [4.69, 9.17) is 27.9 Å². The van der Waals surface area contributed by atoms with Crippen molar-refractivity contribution in [3.63, 3.8) is 0 Å². The summed E-state index contributed by atoms with van der Waals surface area (Å²) in [6.07, 6.45) is 0.555. The number of carbonyl (C=O) groups is 2. The molecule has 6 heteroatoms. The second kappa shape index (κ2) is 8.89. The zero-order valence-corrected chi connectivity index (χ0v) is 15.9. The van der Waals surface area contributed by atoms with Crippen molar-refractivity contribution in [2.45, 2.75) is 6.42 Å². The maximum absolute atomic E-state index is 12.3. The third kappa shape index (κ3) is 5.00. The molecule has 0 aliphatic carbocycles. The number of halogens is 2. The Bertz CT molecular complexity index is 983. The lowest BCUT2D eigenvalue weighted by atomic mass is 10.1. The first-order chi connectivity index (χ1) is 13.0. The van der Waals surface area contributed by atoms with Crippen molar-refractivity contribution in [2.75, 3.05) is 13.2 Å². The van der Waals surface area contributed by atoms with E-state index >= 15 is 0 Å². The third-order valence-corrected chi connectivity index (χ3v) is 4.66. The number of ether oxygens (including phenoxy) is 1. The molecule has 138 valence electrons. The van der Waals surface area contributed by atoms with Gasteiger partial charge in [0.1, 0.15) is 0 Å². The number of carbonyl (C=O) groups excluding carboxylic acids is 2. The van der Waals surface area contributed by atoms with Gasteiger partial charge in [-0.15, -0.1) is 0 Å². The van der Waals surface area contributed by atoms with Gasteiger partial charge in [-0.25, -0.2) is 4.79 Å². The van der Waals surface area contributed by atoms with Crippen molar-refractivity contribution in [3.8, 4) is 0 Å². The summed E-state index contributed by atoms with van der Waals surface area (Å²) < 4.78 is 5.15. The number of benzene rings is 3. The molecule has 0 atom stereocenters. The molecular formula is C21H17Cl2NO3. The van der Waals surface area contributed by atoms with Gasteiger partial charge in [-0.05, 0) is 41.0 Å². The van der Waals surface area contributed by atoms with Crippen LogP contribution in [0.2, 0.25) is 10.0 Å². The Morgan fingerprint density at radius 2 is 1.74 bits per heavy atom. The van der Waals surface area contributed by atoms with Crippen LogP contribution in [-0.2, 0) is 16.0 Å². The lowest BCUT2D eigenvalue weighted by molar-refractivity contribution is -0.124. The molecule has 0 unspecified atom stereocenters. The summed E-state index contributed by atoms with van der Waals surface area (Å²) in [6, 6.07) is 18.1. The SMILES string of the molecule is O=C(COC(=O)c1cccc2ccccc12)NCCc1ccc(Cl)cc1Cl. The average Bonchev–Trinajstić information content (AvgIpc) is 2.67. The standard InChI is InChI=1S/C21H17Cl2NO3/c22-16-9-8-15(19(23)12-16)10-11-24-20(25)13-27-21(26)18-7-3-5-14-4-1-2-6-17(14)18/h1-9,12H,10-11,13H2,(H,24,25). The highest BCUT2D eigenvalue weighted by atomic mass is 35.5. The van der Waals surface area contributed by atoms with E-state index in [2.05, 4.69) is 5.32 Å². The highest BCUT2D eigenvalue weighted by Gasteiger charge is 2.13. The molecule has 0 saturated heterocycles. The summed E-state index contributed by atoms with van der Waals surface area (Å²) >= 11 is 12.0. The fraction of sp³-hybridized carbons (Fsp3) is 0.143. The van der Waals surface area contributed by atoms with Crippen LogP contribution in [0, 0.1) is 0 Å². The number of hydrogen-bond donors (Lipinski definition) is 1. The van der Waals surface area contributed by atoms with E-state index in [9.17, 15) is 9.59 Å². The van der Waals surface area contributed by atoms with Crippen LogP contribution >= 0.6 is 23.2 Å². The fourth-order valence-corrected chi connectivity index (χ4v) is 3.23. The van der Waals surface area contributed by atoms with Crippen LogP contribution in [0.15, 0.2) is 60.7 Å². The fourth-order valence-electron chi connectivity index (χ4n) is 2.72. The van der Waals surface area contributed by atoms with Crippen LogP contribution in [0.25, 0.3) is 10.8 Å². The summed E-state index contributed by atoms with van der Waals surface area (Å²) in [7, 11) is 0. The van der Waals surface area contributed by atoms with Gasteiger partial charge in [-0.3, -0.25) is 4.79 Å². The van der Waals surface area contributed by atoms with Gasteiger partial charge in [0, 0.05) is 16.6 Å². The summed E-state index contributed by atoms with van der Waals surface area (Å²) in [5.41, 5.74) is 1.32. The summed E-state index contributed by atoms with van der Waals surface area (Å²) in [5, 5.41) is 5.56. The van der Waals surface area contributed by atoms with Crippen LogP contribution in [0.4, 0.5) is 0 Å². The first-order valence-electron chi connectivity index (χ1n) is 8.40. The van der Waals surface area contributed by atoms with Crippen molar-refractivity contribution >= 4 is 45.9 Å². The predicted molar refractivity (Wildman–Crippen MR) is 107 cm³/mol. The molecule has 0 aromatic heterocycles. The normalized spacial score (nSPS) is 10.6. The van der Waals surface area contributed by atoms with Gasteiger partial charge in [0.25, 0.3) is 5.91 Å². The van der Waals surface area contributed by atoms with Gasteiger partial charge in [0.05, 0.1) is 5.56 Å². The molecule has 3 rings (SSSR count). The van der Waals surface area contributed by atoms with Crippen molar-refractivity contribution in [3.05, 3.63) is 81.8 Å². The number of nitrogens with one attached hydrogen (secondary N) is 1. The number of esters is 1. The molecule has 3 aromatic rings. The highest BCUT2D eigenvalue weighted by Crippen LogP contribution is 2.21. The highest BCUT2D eigenvalue weighted by molar-refractivity contribution is 6.35. The van der Waals surface area contributed by atoms with E-state index in [-0.39, 0.29) is 12.5 Å². The Labute approximate surface area is 167 Å². The first kappa shape index (κ1) is 19.2. The van der Waals surface area contributed by atoms with E-state index in [1.165, 1.54) is 0 Å².